The third kappa shape index (κ3) is 0.887. The van der Waals surface area contributed by atoms with Gasteiger partial charge in [0.05, 0.1) is 29.7 Å². The number of nitriles is 1. The molecular formula is C8H7N3. The minimum atomic E-state index is 0.694. The van der Waals surface area contributed by atoms with Gasteiger partial charge in [0.2, 0.25) is 0 Å². The maximum atomic E-state index is 8.57. The normalized spacial score (nSPS) is 12.6. The zero-order valence-electron chi connectivity index (χ0n) is 5.89. The predicted octanol–water partition coefficient (Wildman–Crippen LogP) is 1.35. The molecule has 0 bridgehead atoms. The SMILES string of the molecule is N#Cc1ccc2c(c1)NCN2. The Morgan fingerprint density at radius 1 is 1.27 bits per heavy atom. The smallest absolute Gasteiger partial charge is 0.0992 e. The van der Waals surface area contributed by atoms with Crippen LogP contribution in [0.2, 0.25) is 0 Å². The fourth-order valence-corrected chi connectivity index (χ4v) is 1.15. The van der Waals surface area contributed by atoms with Crippen LogP contribution in [0, 0.1) is 11.3 Å². The van der Waals surface area contributed by atoms with E-state index in [-0.39, 0.29) is 0 Å². The molecule has 0 aliphatic carbocycles. The summed E-state index contributed by atoms with van der Waals surface area (Å²) in [5.41, 5.74) is 2.79. The predicted molar refractivity (Wildman–Crippen MR) is 43.3 cm³/mol. The zero-order valence-corrected chi connectivity index (χ0v) is 5.89. The maximum Gasteiger partial charge on any atom is 0.0992 e. The van der Waals surface area contributed by atoms with E-state index in [0.717, 1.165) is 18.0 Å². The van der Waals surface area contributed by atoms with E-state index in [1.165, 1.54) is 0 Å². The van der Waals surface area contributed by atoms with Crippen LogP contribution in [0.4, 0.5) is 11.4 Å². The van der Waals surface area contributed by atoms with Gasteiger partial charge in [0.1, 0.15) is 0 Å². The van der Waals surface area contributed by atoms with Gasteiger partial charge in [-0.1, -0.05) is 0 Å². The number of rotatable bonds is 0. The number of benzene rings is 1. The van der Waals surface area contributed by atoms with Crippen molar-refractivity contribution in [2.45, 2.75) is 0 Å². The molecule has 1 heterocycles. The molecule has 1 aromatic rings. The largest absolute Gasteiger partial charge is 0.366 e. The van der Waals surface area contributed by atoms with Crippen LogP contribution in [-0.2, 0) is 0 Å². The van der Waals surface area contributed by atoms with E-state index < -0.39 is 0 Å². The van der Waals surface area contributed by atoms with Crippen molar-refractivity contribution in [2.75, 3.05) is 17.3 Å². The van der Waals surface area contributed by atoms with Gasteiger partial charge in [0.25, 0.3) is 0 Å². The molecule has 0 saturated carbocycles. The van der Waals surface area contributed by atoms with Crippen molar-refractivity contribution >= 4 is 11.4 Å². The first-order chi connectivity index (χ1) is 5.40. The maximum absolute atomic E-state index is 8.57. The van der Waals surface area contributed by atoms with Crippen molar-refractivity contribution < 1.29 is 0 Å². The summed E-state index contributed by atoms with van der Waals surface area (Å²) in [5.74, 6) is 0. The van der Waals surface area contributed by atoms with Gasteiger partial charge in [-0.3, -0.25) is 0 Å². The highest BCUT2D eigenvalue weighted by molar-refractivity contribution is 5.74. The van der Waals surface area contributed by atoms with Crippen molar-refractivity contribution in [3.8, 4) is 6.07 Å². The molecule has 2 rings (SSSR count). The standard InChI is InChI=1S/C8H7N3/c9-4-6-1-2-7-8(3-6)11-5-10-7/h1-3,10-11H,5H2. The van der Waals surface area contributed by atoms with E-state index in [1.54, 1.807) is 6.07 Å². The lowest BCUT2D eigenvalue weighted by molar-refractivity contribution is 1.31. The van der Waals surface area contributed by atoms with Gasteiger partial charge in [-0.05, 0) is 18.2 Å². The average Bonchev–Trinajstić information content (AvgIpc) is 2.50. The zero-order chi connectivity index (χ0) is 7.68. The minimum absolute atomic E-state index is 0.694. The Morgan fingerprint density at radius 2 is 2.09 bits per heavy atom. The van der Waals surface area contributed by atoms with Crippen LogP contribution >= 0.6 is 0 Å². The number of fused-ring (bicyclic) bond motifs is 1. The summed E-state index contributed by atoms with van der Waals surface area (Å²) < 4.78 is 0. The van der Waals surface area contributed by atoms with E-state index in [9.17, 15) is 0 Å². The van der Waals surface area contributed by atoms with Crippen LogP contribution < -0.4 is 10.6 Å². The van der Waals surface area contributed by atoms with Gasteiger partial charge in [0.15, 0.2) is 0 Å². The Hall–Kier alpha value is -1.69. The third-order valence-corrected chi connectivity index (χ3v) is 1.71. The molecule has 2 N–H and O–H groups in total. The Labute approximate surface area is 64.6 Å². The van der Waals surface area contributed by atoms with Crippen LogP contribution in [0.25, 0.3) is 0 Å². The van der Waals surface area contributed by atoms with Crippen LogP contribution in [-0.4, -0.2) is 6.67 Å². The molecule has 0 unspecified atom stereocenters. The van der Waals surface area contributed by atoms with Crippen molar-refractivity contribution in [3.63, 3.8) is 0 Å². The van der Waals surface area contributed by atoms with Gasteiger partial charge < -0.3 is 10.6 Å². The van der Waals surface area contributed by atoms with E-state index in [1.807, 2.05) is 12.1 Å². The second kappa shape index (κ2) is 2.17. The molecule has 0 aromatic heterocycles. The van der Waals surface area contributed by atoms with Crippen molar-refractivity contribution in [3.05, 3.63) is 23.8 Å². The molecule has 0 saturated heterocycles. The highest BCUT2D eigenvalue weighted by Gasteiger charge is 2.07. The number of hydrogen-bond donors (Lipinski definition) is 2. The summed E-state index contributed by atoms with van der Waals surface area (Å²) in [7, 11) is 0. The van der Waals surface area contributed by atoms with E-state index in [2.05, 4.69) is 16.7 Å². The number of nitrogens with zero attached hydrogens (tertiary/aromatic N) is 1. The van der Waals surface area contributed by atoms with Crippen LogP contribution in [0.5, 0.6) is 0 Å². The molecule has 0 fully saturated rings. The quantitative estimate of drug-likeness (QED) is 0.579. The molecule has 3 heteroatoms. The van der Waals surface area contributed by atoms with Gasteiger partial charge in [0, 0.05) is 0 Å². The van der Waals surface area contributed by atoms with Crippen LogP contribution in [0.15, 0.2) is 18.2 Å². The van der Waals surface area contributed by atoms with Gasteiger partial charge in [-0.25, -0.2) is 0 Å². The van der Waals surface area contributed by atoms with E-state index in [0.29, 0.717) is 5.56 Å². The summed E-state index contributed by atoms with van der Waals surface area (Å²) in [6.45, 7) is 0.754. The molecule has 54 valence electrons. The van der Waals surface area contributed by atoms with Crippen molar-refractivity contribution in [2.24, 2.45) is 0 Å². The Balaban J connectivity index is 2.51. The molecule has 3 nitrogen and oxygen atoms in total. The summed E-state index contributed by atoms with van der Waals surface area (Å²) in [4.78, 5) is 0. The lowest BCUT2D eigenvalue weighted by Crippen LogP contribution is -1.98. The monoisotopic (exact) mass is 145 g/mol. The lowest BCUT2D eigenvalue weighted by atomic mass is 10.2. The molecule has 1 aliphatic heterocycles. The summed E-state index contributed by atoms with van der Waals surface area (Å²) in [5, 5.41) is 14.8. The van der Waals surface area contributed by atoms with Gasteiger partial charge >= 0.3 is 0 Å². The van der Waals surface area contributed by atoms with E-state index >= 15 is 0 Å². The number of anilines is 2. The van der Waals surface area contributed by atoms with E-state index in [4.69, 9.17) is 5.26 Å². The van der Waals surface area contributed by atoms with Gasteiger partial charge in [-0.15, -0.1) is 0 Å². The first kappa shape index (κ1) is 6.05. The number of hydrogen-bond acceptors (Lipinski definition) is 3. The highest BCUT2D eigenvalue weighted by Crippen LogP contribution is 2.26. The Morgan fingerprint density at radius 3 is 2.91 bits per heavy atom. The molecule has 0 radical (unpaired) electrons. The van der Waals surface area contributed by atoms with Crippen molar-refractivity contribution in [1.29, 1.82) is 5.26 Å². The molecule has 1 aromatic carbocycles. The summed E-state index contributed by atoms with van der Waals surface area (Å²) in [6, 6.07) is 7.65. The highest BCUT2D eigenvalue weighted by atomic mass is 15.1. The Bertz CT molecular complexity index is 325. The fraction of sp³-hybridized carbons (Fsp3) is 0.125. The first-order valence-corrected chi connectivity index (χ1v) is 3.42. The fourth-order valence-electron chi connectivity index (χ4n) is 1.15. The lowest BCUT2D eigenvalue weighted by Gasteiger charge is -1.96. The Kier molecular flexibility index (Phi) is 1.19. The molecule has 0 amide bonds. The van der Waals surface area contributed by atoms with Crippen LogP contribution in [0.1, 0.15) is 5.56 Å². The number of nitrogens with one attached hydrogen (secondary N) is 2. The molecule has 0 spiro atoms. The second-order valence-electron chi connectivity index (χ2n) is 2.40. The molecule has 0 atom stereocenters. The molecular weight excluding hydrogens is 138 g/mol. The molecule has 11 heavy (non-hydrogen) atoms. The molecule has 1 aliphatic rings. The second-order valence-corrected chi connectivity index (χ2v) is 2.40. The summed E-state index contributed by atoms with van der Waals surface area (Å²) >= 11 is 0. The first-order valence-electron chi connectivity index (χ1n) is 3.42. The van der Waals surface area contributed by atoms with Gasteiger partial charge in [-0.2, -0.15) is 5.26 Å². The minimum Gasteiger partial charge on any atom is -0.366 e. The van der Waals surface area contributed by atoms with Crippen molar-refractivity contribution in [1.82, 2.24) is 0 Å². The van der Waals surface area contributed by atoms with Crippen LogP contribution in [0.3, 0.4) is 0 Å². The topological polar surface area (TPSA) is 47.9 Å². The third-order valence-electron chi connectivity index (χ3n) is 1.71. The average molecular weight is 145 g/mol. The summed E-state index contributed by atoms with van der Waals surface area (Å²) in [6.07, 6.45) is 0.